The first kappa shape index (κ1) is 17.3. The molecule has 1 spiro atoms. The zero-order valence-corrected chi connectivity index (χ0v) is 16.3. The van der Waals surface area contributed by atoms with Crippen LogP contribution in [-0.2, 0) is 4.79 Å². The molecule has 6 nitrogen and oxygen atoms in total. The van der Waals surface area contributed by atoms with Crippen molar-refractivity contribution < 1.29 is 9.59 Å². The van der Waals surface area contributed by atoms with Crippen LogP contribution in [0.2, 0.25) is 0 Å². The Hall–Kier alpha value is -2.15. The minimum absolute atomic E-state index is 0.0490. The van der Waals surface area contributed by atoms with Crippen LogP contribution in [0.1, 0.15) is 26.7 Å². The molecule has 26 heavy (non-hydrogen) atoms. The van der Waals surface area contributed by atoms with Crippen LogP contribution in [0.5, 0.6) is 0 Å². The highest BCUT2D eigenvalue weighted by Gasteiger charge is 2.56. The summed E-state index contributed by atoms with van der Waals surface area (Å²) < 4.78 is 1.18. The second-order valence-electron chi connectivity index (χ2n) is 7.63. The van der Waals surface area contributed by atoms with Crippen LogP contribution < -0.4 is 4.90 Å². The lowest BCUT2D eigenvalue weighted by Gasteiger charge is -2.42. The summed E-state index contributed by atoms with van der Waals surface area (Å²) in [6.07, 6.45) is 1.31. The van der Waals surface area contributed by atoms with Gasteiger partial charge in [-0.1, -0.05) is 37.3 Å². The van der Waals surface area contributed by atoms with Crippen LogP contribution in [-0.4, -0.2) is 58.9 Å². The molecule has 2 aromatic rings. The van der Waals surface area contributed by atoms with Crippen LogP contribution in [0.25, 0.3) is 10.2 Å². The molecule has 2 saturated heterocycles. The van der Waals surface area contributed by atoms with Gasteiger partial charge in [0, 0.05) is 26.7 Å². The molecule has 0 N–H and O–H groups in total. The maximum atomic E-state index is 12.9. The molecule has 2 aliphatic heterocycles. The topological polar surface area (TPSA) is 56.8 Å². The first-order valence-electron chi connectivity index (χ1n) is 9.13. The molecule has 0 atom stereocenters. The summed E-state index contributed by atoms with van der Waals surface area (Å²) in [4.78, 5) is 35.6. The number of aromatic nitrogens is 1. The molecular weight excluding hydrogens is 348 g/mol. The number of piperidine rings is 1. The summed E-state index contributed by atoms with van der Waals surface area (Å²) >= 11 is 1.69. The van der Waals surface area contributed by atoms with Crippen LogP contribution in [0.15, 0.2) is 24.3 Å². The van der Waals surface area contributed by atoms with E-state index < -0.39 is 5.54 Å². The molecule has 1 aromatic carbocycles. The van der Waals surface area contributed by atoms with Gasteiger partial charge in [-0.2, -0.15) is 0 Å². The van der Waals surface area contributed by atoms with Gasteiger partial charge < -0.3 is 9.80 Å². The van der Waals surface area contributed by atoms with Gasteiger partial charge in [0.15, 0.2) is 5.13 Å². The Morgan fingerprint density at radius 2 is 1.88 bits per heavy atom. The third-order valence-electron chi connectivity index (χ3n) is 5.43. The van der Waals surface area contributed by atoms with E-state index in [0.29, 0.717) is 25.3 Å². The van der Waals surface area contributed by atoms with Gasteiger partial charge in [-0.25, -0.2) is 9.78 Å². The number of amides is 3. The second kappa shape index (κ2) is 6.23. The Morgan fingerprint density at radius 3 is 2.54 bits per heavy atom. The molecular formula is C19H24N4O2S. The maximum Gasteiger partial charge on any atom is 0.327 e. The van der Waals surface area contributed by atoms with E-state index in [-0.39, 0.29) is 11.9 Å². The number of carbonyl (C=O) groups excluding carboxylic acids is 2. The molecule has 2 fully saturated rings. The summed E-state index contributed by atoms with van der Waals surface area (Å²) in [5.41, 5.74) is 0.338. The zero-order valence-electron chi connectivity index (χ0n) is 15.4. The number of rotatable bonds is 3. The van der Waals surface area contributed by atoms with E-state index in [1.807, 2.05) is 23.1 Å². The number of para-hydroxylation sites is 1. The van der Waals surface area contributed by atoms with E-state index in [9.17, 15) is 9.59 Å². The summed E-state index contributed by atoms with van der Waals surface area (Å²) in [5, 5.41) is 1.00. The van der Waals surface area contributed by atoms with Crippen LogP contribution in [0.4, 0.5) is 9.93 Å². The lowest BCUT2D eigenvalue weighted by molar-refractivity contribution is -0.133. The van der Waals surface area contributed by atoms with Crippen molar-refractivity contribution in [3.8, 4) is 0 Å². The highest BCUT2D eigenvalue weighted by Crippen LogP contribution is 2.39. The number of hydrogen-bond acceptors (Lipinski definition) is 5. The predicted octanol–water partition coefficient (Wildman–Crippen LogP) is 3.19. The molecule has 0 radical (unpaired) electrons. The van der Waals surface area contributed by atoms with Gasteiger partial charge >= 0.3 is 6.03 Å². The van der Waals surface area contributed by atoms with Gasteiger partial charge in [0.05, 0.1) is 10.2 Å². The Bertz CT molecular complexity index is 821. The van der Waals surface area contributed by atoms with E-state index in [4.69, 9.17) is 4.98 Å². The summed E-state index contributed by atoms with van der Waals surface area (Å²) in [6.45, 7) is 6.26. The first-order chi connectivity index (χ1) is 12.4. The van der Waals surface area contributed by atoms with Crippen molar-refractivity contribution in [2.75, 3.05) is 31.6 Å². The lowest BCUT2D eigenvalue weighted by Crippen LogP contribution is -2.57. The molecule has 3 amide bonds. The van der Waals surface area contributed by atoms with Crippen LogP contribution in [0, 0.1) is 5.92 Å². The fourth-order valence-corrected chi connectivity index (χ4v) is 5.06. The molecule has 1 aromatic heterocycles. The Kier molecular flexibility index (Phi) is 4.14. The highest BCUT2D eigenvalue weighted by atomic mass is 32.1. The zero-order chi connectivity index (χ0) is 18.5. The average molecular weight is 372 g/mol. The fraction of sp³-hybridized carbons (Fsp3) is 0.526. The number of likely N-dealkylation sites (N-methyl/N-ethyl adjacent to an activating group) is 1. The van der Waals surface area contributed by atoms with Crippen molar-refractivity contribution in [2.45, 2.75) is 32.2 Å². The first-order valence-corrected chi connectivity index (χ1v) is 9.94. The number of imide groups is 1. The number of fused-ring (bicyclic) bond motifs is 1. The van der Waals surface area contributed by atoms with Crippen molar-refractivity contribution in [1.82, 2.24) is 14.8 Å². The van der Waals surface area contributed by atoms with Gasteiger partial charge in [0.25, 0.3) is 5.91 Å². The number of thiazole rings is 1. The number of anilines is 1. The van der Waals surface area contributed by atoms with Gasteiger partial charge in [0.1, 0.15) is 5.54 Å². The minimum atomic E-state index is -0.677. The summed E-state index contributed by atoms with van der Waals surface area (Å²) in [5.74, 6) is 0.282. The van der Waals surface area contributed by atoms with Crippen molar-refractivity contribution in [1.29, 1.82) is 0 Å². The fourth-order valence-electron chi connectivity index (χ4n) is 4.04. The van der Waals surface area contributed by atoms with Crippen LogP contribution >= 0.6 is 11.3 Å². The van der Waals surface area contributed by atoms with E-state index in [1.54, 1.807) is 18.4 Å². The van der Waals surface area contributed by atoms with Crippen molar-refractivity contribution in [2.24, 2.45) is 5.92 Å². The SMILES string of the molecule is CC(C)CN1C(=O)N(C)C(=O)C12CCN(c1nc3ccccc3s1)CC2. The Labute approximate surface area is 157 Å². The minimum Gasteiger partial charge on any atom is -0.348 e. The van der Waals surface area contributed by atoms with E-state index >= 15 is 0 Å². The predicted molar refractivity (Wildman–Crippen MR) is 104 cm³/mol. The van der Waals surface area contributed by atoms with Gasteiger partial charge in [-0.15, -0.1) is 0 Å². The maximum absolute atomic E-state index is 12.9. The molecule has 7 heteroatoms. The summed E-state index contributed by atoms with van der Waals surface area (Å²) in [7, 11) is 1.60. The van der Waals surface area contributed by atoms with E-state index in [0.717, 1.165) is 23.7 Å². The highest BCUT2D eigenvalue weighted by molar-refractivity contribution is 7.22. The second-order valence-corrected chi connectivity index (χ2v) is 8.64. The van der Waals surface area contributed by atoms with Crippen molar-refractivity contribution >= 4 is 38.6 Å². The normalized spacial score (nSPS) is 20.2. The van der Waals surface area contributed by atoms with Gasteiger partial charge in [-0.3, -0.25) is 9.69 Å². The monoisotopic (exact) mass is 372 g/mol. The summed E-state index contributed by atoms with van der Waals surface area (Å²) in [6, 6.07) is 7.98. The third kappa shape index (κ3) is 2.57. The number of urea groups is 1. The molecule has 3 heterocycles. The molecule has 138 valence electrons. The number of benzene rings is 1. The van der Waals surface area contributed by atoms with E-state index in [2.05, 4.69) is 24.8 Å². The molecule has 0 unspecified atom stereocenters. The molecule has 0 saturated carbocycles. The molecule has 0 aliphatic carbocycles. The van der Waals surface area contributed by atoms with E-state index in [1.165, 1.54) is 9.60 Å². The Balaban J connectivity index is 1.57. The lowest BCUT2D eigenvalue weighted by atomic mass is 9.85. The molecule has 0 bridgehead atoms. The Morgan fingerprint density at radius 1 is 1.19 bits per heavy atom. The average Bonchev–Trinajstić information content (AvgIpc) is 3.13. The molecule has 4 rings (SSSR count). The smallest absolute Gasteiger partial charge is 0.327 e. The third-order valence-corrected chi connectivity index (χ3v) is 6.53. The largest absolute Gasteiger partial charge is 0.348 e. The number of hydrogen-bond donors (Lipinski definition) is 0. The van der Waals surface area contributed by atoms with Gasteiger partial charge in [0.2, 0.25) is 0 Å². The van der Waals surface area contributed by atoms with Crippen molar-refractivity contribution in [3.63, 3.8) is 0 Å². The quantitative estimate of drug-likeness (QED) is 0.777. The van der Waals surface area contributed by atoms with Gasteiger partial charge in [-0.05, 0) is 30.9 Å². The standard InChI is InChI=1S/C19H24N4O2S/c1-13(2)12-23-18(25)21(3)16(24)19(23)8-10-22(11-9-19)17-20-14-6-4-5-7-15(14)26-17/h4-7,13H,8-12H2,1-3H3. The van der Waals surface area contributed by atoms with Crippen molar-refractivity contribution in [3.05, 3.63) is 24.3 Å². The number of carbonyl (C=O) groups is 2. The number of nitrogens with zero attached hydrogens (tertiary/aromatic N) is 4. The van der Waals surface area contributed by atoms with Crippen LogP contribution in [0.3, 0.4) is 0 Å². The molecule has 2 aliphatic rings.